The highest BCUT2D eigenvalue weighted by Gasteiger charge is 2.20. The number of hydrogen-bond acceptors (Lipinski definition) is 3. The Balaban J connectivity index is 1.87. The van der Waals surface area contributed by atoms with E-state index in [9.17, 15) is 5.11 Å². The largest absolute Gasteiger partial charge is 0.461 e. The van der Waals surface area contributed by atoms with Crippen molar-refractivity contribution in [3.8, 4) is 0 Å². The van der Waals surface area contributed by atoms with Gasteiger partial charge < -0.3 is 9.52 Å². The molecule has 1 aromatic carbocycles. The number of nitrogens with zero attached hydrogens (tertiary/aromatic N) is 1. The van der Waals surface area contributed by atoms with Crippen molar-refractivity contribution in [3.05, 3.63) is 35.6 Å². The second-order valence-corrected chi connectivity index (χ2v) is 5.36. The number of benzene rings is 1. The van der Waals surface area contributed by atoms with Gasteiger partial charge in [-0.05, 0) is 18.9 Å². The van der Waals surface area contributed by atoms with Crippen LogP contribution >= 0.6 is 0 Å². The van der Waals surface area contributed by atoms with Crippen LogP contribution in [0.1, 0.15) is 31.1 Å². The zero-order valence-electron chi connectivity index (χ0n) is 11.4. The molecule has 102 valence electrons. The van der Waals surface area contributed by atoms with Gasteiger partial charge in [-0.25, -0.2) is 0 Å². The summed E-state index contributed by atoms with van der Waals surface area (Å²) >= 11 is 0. The van der Waals surface area contributed by atoms with Crippen molar-refractivity contribution in [1.29, 1.82) is 0 Å². The minimum Gasteiger partial charge on any atom is -0.461 e. The SMILES string of the molecule is CCc1oc2ccccc2c1CN1CCC(O)CC1. The maximum Gasteiger partial charge on any atom is 0.134 e. The fourth-order valence-electron chi connectivity index (χ4n) is 2.91. The van der Waals surface area contributed by atoms with Gasteiger partial charge in [0.05, 0.1) is 6.10 Å². The Morgan fingerprint density at radius 1 is 1.26 bits per heavy atom. The van der Waals surface area contributed by atoms with Crippen LogP contribution in [0.25, 0.3) is 11.0 Å². The zero-order valence-corrected chi connectivity index (χ0v) is 11.4. The first-order valence-electron chi connectivity index (χ1n) is 7.17. The van der Waals surface area contributed by atoms with Gasteiger partial charge in [-0.15, -0.1) is 0 Å². The van der Waals surface area contributed by atoms with Crippen molar-refractivity contribution in [2.24, 2.45) is 0 Å². The molecule has 0 bridgehead atoms. The van der Waals surface area contributed by atoms with Crippen LogP contribution in [0.2, 0.25) is 0 Å². The first-order valence-corrected chi connectivity index (χ1v) is 7.17. The number of aliphatic hydroxyl groups is 1. The molecule has 1 fully saturated rings. The molecule has 2 aromatic rings. The quantitative estimate of drug-likeness (QED) is 0.920. The molecular formula is C16H21NO2. The average molecular weight is 259 g/mol. The second-order valence-electron chi connectivity index (χ2n) is 5.36. The van der Waals surface area contributed by atoms with Gasteiger partial charge in [-0.3, -0.25) is 4.90 Å². The van der Waals surface area contributed by atoms with Crippen LogP contribution < -0.4 is 0 Å². The minimum atomic E-state index is -0.108. The first-order chi connectivity index (χ1) is 9.28. The second kappa shape index (κ2) is 5.35. The lowest BCUT2D eigenvalue weighted by Gasteiger charge is -2.29. The van der Waals surface area contributed by atoms with Crippen molar-refractivity contribution in [3.63, 3.8) is 0 Å². The van der Waals surface area contributed by atoms with E-state index in [1.807, 2.05) is 12.1 Å². The Morgan fingerprint density at radius 2 is 2.00 bits per heavy atom. The van der Waals surface area contributed by atoms with Gasteiger partial charge in [-0.2, -0.15) is 0 Å². The molecule has 0 aliphatic carbocycles. The number of aliphatic hydroxyl groups excluding tert-OH is 1. The molecule has 19 heavy (non-hydrogen) atoms. The number of furan rings is 1. The van der Waals surface area contributed by atoms with Crippen LogP contribution in [0.15, 0.2) is 28.7 Å². The topological polar surface area (TPSA) is 36.6 Å². The van der Waals surface area contributed by atoms with Crippen LogP contribution in [-0.4, -0.2) is 29.2 Å². The van der Waals surface area contributed by atoms with Gasteiger partial charge in [-0.1, -0.05) is 25.1 Å². The summed E-state index contributed by atoms with van der Waals surface area (Å²) in [6, 6.07) is 8.27. The first kappa shape index (κ1) is 12.7. The standard InChI is InChI=1S/C16H21NO2/c1-2-15-14(11-17-9-7-12(18)8-10-17)13-5-3-4-6-16(13)19-15/h3-6,12,18H,2,7-11H2,1H3. The Bertz CT molecular complexity index is 553. The van der Waals surface area contributed by atoms with E-state index in [1.165, 1.54) is 10.9 Å². The maximum absolute atomic E-state index is 9.58. The Labute approximate surface area is 113 Å². The highest BCUT2D eigenvalue weighted by Crippen LogP contribution is 2.28. The fourth-order valence-corrected chi connectivity index (χ4v) is 2.91. The zero-order chi connectivity index (χ0) is 13.2. The molecule has 0 saturated carbocycles. The molecule has 3 rings (SSSR count). The number of fused-ring (bicyclic) bond motifs is 1. The molecule has 1 saturated heterocycles. The summed E-state index contributed by atoms with van der Waals surface area (Å²) < 4.78 is 5.93. The third-order valence-corrected chi connectivity index (χ3v) is 4.04. The lowest BCUT2D eigenvalue weighted by Crippen LogP contribution is -2.35. The van der Waals surface area contributed by atoms with Gasteiger partial charge in [0.25, 0.3) is 0 Å². The molecule has 3 nitrogen and oxygen atoms in total. The predicted molar refractivity (Wildman–Crippen MR) is 76.1 cm³/mol. The van der Waals surface area contributed by atoms with Gasteiger partial charge in [0, 0.05) is 37.0 Å². The third kappa shape index (κ3) is 2.53. The molecule has 0 amide bonds. The number of piperidine rings is 1. The molecule has 1 aliphatic rings. The average Bonchev–Trinajstić information content (AvgIpc) is 2.79. The molecule has 1 aliphatic heterocycles. The van der Waals surface area contributed by atoms with Crippen LogP contribution in [-0.2, 0) is 13.0 Å². The van der Waals surface area contributed by atoms with Gasteiger partial charge in [0.1, 0.15) is 11.3 Å². The number of para-hydroxylation sites is 1. The summed E-state index contributed by atoms with van der Waals surface area (Å²) in [6.07, 6.45) is 2.59. The molecule has 0 atom stereocenters. The van der Waals surface area contributed by atoms with E-state index in [-0.39, 0.29) is 6.10 Å². The van der Waals surface area contributed by atoms with E-state index in [4.69, 9.17) is 4.42 Å². The predicted octanol–water partition coefficient (Wildman–Crippen LogP) is 2.95. The monoisotopic (exact) mass is 259 g/mol. The molecule has 3 heteroatoms. The van der Waals surface area contributed by atoms with Gasteiger partial charge >= 0.3 is 0 Å². The Morgan fingerprint density at radius 3 is 2.74 bits per heavy atom. The van der Waals surface area contributed by atoms with Crippen LogP contribution in [0.4, 0.5) is 0 Å². The lowest BCUT2D eigenvalue weighted by atomic mass is 10.0. The van der Waals surface area contributed by atoms with Crippen molar-refractivity contribution < 1.29 is 9.52 Å². The van der Waals surface area contributed by atoms with E-state index in [0.29, 0.717) is 0 Å². The smallest absolute Gasteiger partial charge is 0.134 e. The summed E-state index contributed by atoms with van der Waals surface area (Å²) in [6.45, 7) is 5.03. The van der Waals surface area contributed by atoms with Gasteiger partial charge in [0.15, 0.2) is 0 Å². The van der Waals surface area contributed by atoms with E-state index in [2.05, 4.69) is 24.0 Å². The molecule has 1 aromatic heterocycles. The van der Waals surface area contributed by atoms with Crippen LogP contribution in [0, 0.1) is 0 Å². The van der Waals surface area contributed by atoms with E-state index in [0.717, 1.165) is 50.2 Å². The molecule has 2 heterocycles. The van der Waals surface area contributed by atoms with E-state index < -0.39 is 0 Å². The lowest BCUT2D eigenvalue weighted by molar-refractivity contribution is 0.0792. The van der Waals surface area contributed by atoms with Crippen LogP contribution in [0.3, 0.4) is 0 Å². The summed E-state index contributed by atoms with van der Waals surface area (Å²) in [5, 5.41) is 10.8. The van der Waals surface area contributed by atoms with E-state index >= 15 is 0 Å². The Kier molecular flexibility index (Phi) is 3.58. The van der Waals surface area contributed by atoms with Crippen LogP contribution in [0.5, 0.6) is 0 Å². The van der Waals surface area contributed by atoms with Crippen molar-refractivity contribution >= 4 is 11.0 Å². The number of likely N-dealkylation sites (tertiary alicyclic amines) is 1. The van der Waals surface area contributed by atoms with Gasteiger partial charge in [0.2, 0.25) is 0 Å². The fraction of sp³-hybridized carbons (Fsp3) is 0.500. The summed E-state index contributed by atoms with van der Waals surface area (Å²) in [5.74, 6) is 1.10. The highest BCUT2D eigenvalue weighted by atomic mass is 16.3. The Hall–Kier alpha value is -1.32. The summed E-state index contributed by atoms with van der Waals surface area (Å²) in [4.78, 5) is 2.42. The summed E-state index contributed by atoms with van der Waals surface area (Å²) in [5.41, 5.74) is 2.32. The molecular weight excluding hydrogens is 238 g/mol. The maximum atomic E-state index is 9.58. The molecule has 0 unspecified atom stereocenters. The number of hydrogen-bond donors (Lipinski definition) is 1. The normalized spacial score (nSPS) is 18.2. The summed E-state index contributed by atoms with van der Waals surface area (Å²) in [7, 11) is 0. The highest BCUT2D eigenvalue weighted by molar-refractivity contribution is 5.82. The van der Waals surface area contributed by atoms with Crippen molar-refractivity contribution in [1.82, 2.24) is 4.90 Å². The molecule has 0 spiro atoms. The number of aryl methyl sites for hydroxylation is 1. The number of rotatable bonds is 3. The van der Waals surface area contributed by atoms with Crippen molar-refractivity contribution in [2.75, 3.05) is 13.1 Å². The molecule has 1 N–H and O–H groups in total. The van der Waals surface area contributed by atoms with Crippen molar-refractivity contribution in [2.45, 2.75) is 38.8 Å². The third-order valence-electron chi connectivity index (χ3n) is 4.04. The van der Waals surface area contributed by atoms with E-state index in [1.54, 1.807) is 0 Å². The minimum absolute atomic E-state index is 0.108. The molecule has 0 radical (unpaired) electrons.